The van der Waals surface area contributed by atoms with Crippen molar-refractivity contribution in [2.45, 2.75) is 26.4 Å². The molecule has 0 unspecified atom stereocenters. The molecule has 134 valence electrons. The summed E-state index contributed by atoms with van der Waals surface area (Å²) in [5, 5.41) is 5.46. The molecule has 0 atom stereocenters. The van der Waals surface area contributed by atoms with E-state index in [0.717, 1.165) is 10.1 Å². The average Bonchev–Trinajstić information content (AvgIpc) is 2.57. The van der Waals surface area contributed by atoms with E-state index in [-0.39, 0.29) is 36.5 Å². The SMILES string of the molecule is CC(C)NC(=O)CNc1c(N)n(Cc2ccccc2)c(=O)n(C)c1=O. The van der Waals surface area contributed by atoms with Gasteiger partial charge in [-0.3, -0.25) is 18.7 Å². The molecule has 0 radical (unpaired) electrons. The molecule has 0 bridgehead atoms. The number of nitrogens with zero attached hydrogens (tertiary/aromatic N) is 2. The lowest BCUT2D eigenvalue weighted by Crippen LogP contribution is -2.42. The van der Waals surface area contributed by atoms with E-state index in [4.69, 9.17) is 5.73 Å². The van der Waals surface area contributed by atoms with E-state index >= 15 is 0 Å². The van der Waals surface area contributed by atoms with Crippen molar-refractivity contribution in [2.24, 2.45) is 7.05 Å². The molecule has 1 heterocycles. The largest absolute Gasteiger partial charge is 0.383 e. The molecule has 0 aliphatic heterocycles. The molecule has 0 saturated carbocycles. The van der Waals surface area contributed by atoms with Crippen molar-refractivity contribution in [3.05, 3.63) is 56.7 Å². The Labute approximate surface area is 145 Å². The summed E-state index contributed by atoms with van der Waals surface area (Å²) in [5.41, 5.74) is 5.88. The number of hydrogen-bond donors (Lipinski definition) is 3. The highest BCUT2D eigenvalue weighted by Gasteiger charge is 2.16. The molecule has 0 saturated heterocycles. The Kier molecular flexibility index (Phi) is 5.63. The number of amides is 1. The Morgan fingerprint density at radius 1 is 1.20 bits per heavy atom. The van der Waals surface area contributed by atoms with Gasteiger partial charge in [0, 0.05) is 13.1 Å². The Bertz CT molecular complexity index is 868. The van der Waals surface area contributed by atoms with Gasteiger partial charge in [0.15, 0.2) is 0 Å². The van der Waals surface area contributed by atoms with Gasteiger partial charge in [-0.05, 0) is 19.4 Å². The van der Waals surface area contributed by atoms with Crippen LogP contribution < -0.4 is 27.6 Å². The minimum absolute atomic E-state index is 0.00861. The second kappa shape index (κ2) is 7.69. The molecule has 2 rings (SSSR count). The summed E-state index contributed by atoms with van der Waals surface area (Å²) in [5.74, 6) is -0.258. The van der Waals surface area contributed by atoms with Gasteiger partial charge < -0.3 is 16.4 Å². The van der Waals surface area contributed by atoms with Crippen molar-refractivity contribution in [1.82, 2.24) is 14.5 Å². The van der Waals surface area contributed by atoms with Gasteiger partial charge in [-0.15, -0.1) is 0 Å². The predicted octanol–water partition coefficient (Wildman–Crippen LogP) is 0.114. The first-order valence-corrected chi connectivity index (χ1v) is 7.97. The van der Waals surface area contributed by atoms with E-state index < -0.39 is 11.2 Å². The lowest BCUT2D eigenvalue weighted by atomic mass is 10.2. The first kappa shape index (κ1) is 18.3. The maximum Gasteiger partial charge on any atom is 0.332 e. The summed E-state index contributed by atoms with van der Waals surface area (Å²) in [6.45, 7) is 3.80. The summed E-state index contributed by atoms with van der Waals surface area (Å²) < 4.78 is 2.28. The topological polar surface area (TPSA) is 111 Å². The van der Waals surface area contributed by atoms with Crippen LogP contribution in [-0.4, -0.2) is 27.6 Å². The molecule has 0 spiro atoms. The zero-order chi connectivity index (χ0) is 18.6. The second-order valence-corrected chi connectivity index (χ2v) is 6.05. The van der Waals surface area contributed by atoms with Crippen molar-refractivity contribution < 1.29 is 4.79 Å². The van der Waals surface area contributed by atoms with Crippen molar-refractivity contribution in [2.75, 3.05) is 17.6 Å². The number of rotatable bonds is 6. The van der Waals surface area contributed by atoms with Gasteiger partial charge in [-0.1, -0.05) is 30.3 Å². The maximum atomic E-state index is 12.4. The van der Waals surface area contributed by atoms with E-state index in [1.54, 1.807) is 0 Å². The van der Waals surface area contributed by atoms with Gasteiger partial charge in [0.05, 0.1) is 13.1 Å². The van der Waals surface area contributed by atoms with Crippen LogP contribution >= 0.6 is 0 Å². The van der Waals surface area contributed by atoms with E-state index in [2.05, 4.69) is 10.6 Å². The van der Waals surface area contributed by atoms with Gasteiger partial charge in [0.2, 0.25) is 5.91 Å². The van der Waals surface area contributed by atoms with Crippen LogP contribution in [0.15, 0.2) is 39.9 Å². The first-order valence-electron chi connectivity index (χ1n) is 7.97. The molecular formula is C17H23N5O3. The third kappa shape index (κ3) is 4.28. The number of anilines is 2. The molecule has 0 aliphatic rings. The molecule has 0 fully saturated rings. The normalized spacial score (nSPS) is 10.7. The van der Waals surface area contributed by atoms with Gasteiger partial charge in [-0.2, -0.15) is 0 Å². The van der Waals surface area contributed by atoms with Crippen LogP contribution in [0.5, 0.6) is 0 Å². The zero-order valence-corrected chi connectivity index (χ0v) is 14.6. The standard InChI is InChI=1S/C17H23N5O3/c1-11(2)20-13(23)9-19-14-15(18)22(17(25)21(3)16(14)24)10-12-7-5-4-6-8-12/h4-8,11,19H,9-10,18H2,1-3H3,(H,20,23). The van der Waals surface area contributed by atoms with Crippen molar-refractivity contribution >= 4 is 17.4 Å². The summed E-state index contributed by atoms with van der Waals surface area (Å²) >= 11 is 0. The van der Waals surface area contributed by atoms with Crippen molar-refractivity contribution in [3.8, 4) is 0 Å². The van der Waals surface area contributed by atoms with E-state index in [0.29, 0.717) is 0 Å². The first-order chi connectivity index (χ1) is 11.8. The van der Waals surface area contributed by atoms with Gasteiger partial charge >= 0.3 is 5.69 Å². The highest BCUT2D eigenvalue weighted by molar-refractivity contribution is 5.81. The lowest BCUT2D eigenvalue weighted by molar-refractivity contribution is -0.119. The molecule has 0 aliphatic carbocycles. The molecule has 4 N–H and O–H groups in total. The fourth-order valence-electron chi connectivity index (χ4n) is 2.41. The summed E-state index contributed by atoms with van der Waals surface area (Å²) in [6.07, 6.45) is 0. The Hall–Kier alpha value is -3.03. The molecule has 8 heteroatoms. The van der Waals surface area contributed by atoms with Gasteiger partial charge in [0.25, 0.3) is 5.56 Å². The number of benzene rings is 1. The van der Waals surface area contributed by atoms with Gasteiger partial charge in [-0.25, -0.2) is 4.79 Å². The Morgan fingerprint density at radius 3 is 2.44 bits per heavy atom. The number of nitrogens with two attached hydrogens (primary N) is 1. The van der Waals surface area contributed by atoms with Crippen LogP contribution in [0, 0.1) is 0 Å². The molecule has 8 nitrogen and oxygen atoms in total. The highest BCUT2D eigenvalue weighted by Crippen LogP contribution is 2.12. The fraction of sp³-hybridized carbons (Fsp3) is 0.353. The zero-order valence-electron chi connectivity index (χ0n) is 14.6. The van der Waals surface area contributed by atoms with Gasteiger partial charge in [0.1, 0.15) is 11.5 Å². The molecule has 1 amide bonds. The van der Waals surface area contributed by atoms with E-state index in [1.807, 2.05) is 44.2 Å². The minimum Gasteiger partial charge on any atom is -0.383 e. The number of nitrogen functional groups attached to an aromatic ring is 1. The van der Waals surface area contributed by atoms with E-state index in [9.17, 15) is 14.4 Å². The van der Waals surface area contributed by atoms with Crippen LogP contribution in [0.3, 0.4) is 0 Å². The summed E-state index contributed by atoms with van der Waals surface area (Å²) in [7, 11) is 1.38. The summed E-state index contributed by atoms with van der Waals surface area (Å²) in [6, 6.07) is 9.29. The molecule has 1 aromatic carbocycles. The molecule has 2 aromatic rings. The average molecular weight is 345 g/mol. The number of carbonyl (C=O) groups is 1. The quantitative estimate of drug-likeness (QED) is 0.688. The minimum atomic E-state index is -0.566. The van der Waals surface area contributed by atoms with E-state index in [1.165, 1.54) is 11.6 Å². The number of carbonyl (C=O) groups excluding carboxylic acids is 1. The highest BCUT2D eigenvalue weighted by atomic mass is 16.2. The number of nitrogens with one attached hydrogen (secondary N) is 2. The number of hydrogen-bond acceptors (Lipinski definition) is 5. The van der Waals surface area contributed by atoms with Crippen molar-refractivity contribution in [3.63, 3.8) is 0 Å². The summed E-state index contributed by atoms with van der Waals surface area (Å²) in [4.78, 5) is 36.5. The second-order valence-electron chi connectivity index (χ2n) is 6.05. The van der Waals surface area contributed by atoms with Crippen LogP contribution in [0.4, 0.5) is 11.5 Å². The smallest absolute Gasteiger partial charge is 0.332 e. The van der Waals surface area contributed by atoms with Crippen LogP contribution in [-0.2, 0) is 18.4 Å². The third-order valence-electron chi connectivity index (χ3n) is 3.64. The predicted molar refractivity (Wildman–Crippen MR) is 97.7 cm³/mol. The maximum absolute atomic E-state index is 12.4. The Balaban J connectivity index is 2.36. The number of aromatic nitrogens is 2. The van der Waals surface area contributed by atoms with Crippen LogP contribution in [0.2, 0.25) is 0 Å². The third-order valence-corrected chi connectivity index (χ3v) is 3.64. The monoisotopic (exact) mass is 345 g/mol. The molecule has 1 aromatic heterocycles. The van der Waals surface area contributed by atoms with Crippen LogP contribution in [0.25, 0.3) is 0 Å². The molecular weight excluding hydrogens is 322 g/mol. The lowest BCUT2D eigenvalue weighted by Gasteiger charge is -2.16. The fourth-order valence-corrected chi connectivity index (χ4v) is 2.41. The Morgan fingerprint density at radius 2 is 1.84 bits per heavy atom. The molecule has 25 heavy (non-hydrogen) atoms. The van der Waals surface area contributed by atoms with Crippen molar-refractivity contribution in [1.29, 1.82) is 0 Å². The van der Waals surface area contributed by atoms with Crippen LogP contribution in [0.1, 0.15) is 19.4 Å².